The molecule has 0 aliphatic heterocycles. The number of nitro benzene ring substituents is 1. The van der Waals surface area contributed by atoms with E-state index in [1.165, 1.54) is 24.3 Å². The molecule has 2 aromatic carbocycles. The van der Waals surface area contributed by atoms with Gasteiger partial charge in [-0.1, -0.05) is 36.4 Å². The average molecular weight is 329 g/mol. The first-order valence-corrected chi connectivity index (χ1v) is 7.23. The molecule has 0 atom stereocenters. The Bertz CT molecular complexity index is 734. The molecule has 23 heavy (non-hydrogen) atoms. The maximum atomic E-state index is 12.1. The Hall–Kier alpha value is -2.80. The van der Waals surface area contributed by atoms with E-state index in [2.05, 4.69) is 5.32 Å². The number of amides is 1. The zero-order valence-corrected chi connectivity index (χ0v) is 13.2. The van der Waals surface area contributed by atoms with Gasteiger partial charge >= 0.3 is 0 Å². The van der Waals surface area contributed by atoms with Crippen LogP contribution < -0.4 is 5.32 Å². The Balaban J connectivity index is 2.00. The summed E-state index contributed by atoms with van der Waals surface area (Å²) in [6.07, 6.45) is 0. The van der Waals surface area contributed by atoms with E-state index in [9.17, 15) is 14.9 Å². The molecule has 0 unspecified atom stereocenters. The van der Waals surface area contributed by atoms with Crippen molar-refractivity contribution in [3.8, 4) is 0 Å². The molecule has 2 rings (SSSR count). The summed E-state index contributed by atoms with van der Waals surface area (Å²) in [5.41, 5.74) is 1.11. The molecular formula is C16H15N3O3S. The number of hydrogen-bond donors (Lipinski definition) is 1. The molecule has 0 bridgehead atoms. The molecule has 1 N–H and O–H groups in total. The largest absolute Gasteiger partial charge is 0.348 e. The Kier molecular flexibility index (Phi) is 5.37. The zero-order chi connectivity index (χ0) is 16.8. The lowest BCUT2D eigenvalue weighted by Gasteiger charge is -2.20. The zero-order valence-electron chi connectivity index (χ0n) is 12.4. The van der Waals surface area contributed by atoms with E-state index < -0.39 is 10.8 Å². The summed E-state index contributed by atoms with van der Waals surface area (Å²) < 4.78 is 0. The lowest BCUT2D eigenvalue weighted by Crippen LogP contribution is -2.40. The predicted octanol–water partition coefficient (Wildman–Crippen LogP) is 2.74. The first-order valence-electron chi connectivity index (χ1n) is 6.82. The van der Waals surface area contributed by atoms with E-state index in [0.29, 0.717) is 6.54 Å². The minimum atomic E-state index is -0.545. The third kappa shape index (κ3) is 4.58. The Morgan fingerprint density at radius 1 is 1.22 bits per heavy atom. The molecule has 7 heteroatoms. The molecule has 6 nitrogen and oxygen atoms in total. The highest BCUT2D eigenvalue weighted by Crippen LogP contribution is 2.13. The van der Waals surface area contributed by atoms with Gasteiger partial charge in [-0.3, -0.25) is 20.2 Å². The van der Waals surface area contributed by atoms with Crippen LogP contribution in [0.2, 0.25) is 0 Å². The van der Waals surface area contributed by atoms with Crippen molar-refractivity contribution in [2.45, 2.75) is 6.54 Å². The van der Waals surface area contributed by atoms with Gasteiger partial charge in [-0.25, -0.2) is 0 Å². The molecule has 2 aromatic rings. The number of nitrogens with zero attached hydrogens (tertiary/aromatic N) is 2. The summed E-state index contributed by atoms with van der Waals surface area (Å²) in [6, 6.07) is 15.2. The fourth-order valence-corrected chi connectivity index (χ4v) is 2.11. The van der Waals surface area contributed by atoms with Crippen LogP contribution in [0.25, 0.3) is 0 Å². The average Bonchev–Trinajstić information content (AvgIpc) is 2.55. The molecule has 0 fully saturated rings. The Labute approximate surface area is 138 Å². The first kappa shape index (κ1) is 16.6. The van der Waals surface area contributed by atoms with Crippen LogP contribution >= 0.6 is 12.2 Å². The molecule has 1 amide bonds. The molecule has 0 saturated heterocycles. The fourth-order valence-electron chi connectivity index (χ4n) is 1.95. The van der Waals surface area contributed by atoms with Crippen LogP contribution in [0.1, 0.15) is 15.9 Å². The summed E-state index contributed by atoms with van der Waals surface area (Å²) in [5, 5.41) is 13.6. The number of carbonyl (C=O) groups excluding carboxylic acids is 1. The second-order valence-corrected chi connectivity index (χ2v) is 5.30. The second kappa shape index (κ2) is 7.46. The third-order valence-electron chi connectivity index (χ3n) is 3.15. The predicted molar refractivity (Wildman–Crippen MR) is 91.1 cm³/mol. The SMILES string of the molecule is CN(Cc1ccccc1)C(=S)NC(=O)c1cccc([N+](=O)[O-])c1. The van der Waals surface area contributed by atoms with Crippen LogP contribution in [0.5, 0.6) is 0 Å². The van der Waals surface area contributed by atoms with Crippen molar-refractivity contribution in [2.75, 3.05) is 7.05 Å². The van der Waals surface area contributed by atoms with Crippen LogP contribution in [0.3, 0.4) is 0 Å². The van der Waals surface area contributed by atoms with Gasteiger partial charge in [0, 0.05) is 31.3 Å². The van der Waals surface area contributed by atoms with Crippen LogP contribution in [0, 0.1) is 10.1 Å². The Morgan fingerprint density at radius 2 is 1.91 bits per heavy atom. The van der Waals surface area contributed by atoms with Gasteiger partial charge < -0.3 is 4.90 Å². The van der Waals surface area contributed by atoms with Gasteiger partial charge in [0.1, 0.15) is 0 Å². The monoisotopic (exact) mass is 329 g/mol. The van der Waals surface area contributed by atoms with Gasteiger partial charge in [-0.15, -0.1) is 0 Å². The highest BCUT2D eigenvalue weighted by Gasteiger charge is 2.14. The van der Waals surface area contributed by atoms with Crippen LogP contribution in [0.4, 0.5) is 5.69 Å². The van der Waals surface area contributed by atoms with Gasteiger partial charge in [0.05, 0.1) is 4.92 Å². The van der Waals surface area contributed by atoms with E-state index in [1.807, 2.05) is 30.3 Å². The maximum absolute atomic E-state index is 12.1. The topological polar surface area (TPSA) is 75.5 Å². The van der Waals surface area contributed by atoms with E-state index in [0.717, 1.165) is 5.56 Å². The summed E-state index contributed by atoms with van der Waals surface area (Å²) >= 11 is 5.20. The number of thiocarbonyl (C=S) groups is 1. The van der Waals surface area contributed by atoms with Crippen molar-refractivity contribution >= 4 is 28.9 Å². The highest BCUT2D eigenvalue weighted by molar-refractivity contribution is 7.80. The van der Waals surface area contributed by atoms with E-state index >= 15 is 0 Å². The summed E-state index contributed by atoms with van der Waals surface area (Å²) in [6.45, 7) is 0.550. The lowest BCUT2D eigenvalue weighted by atomic mass is 10.2. The number of benzene rings is 2. The minimum absolute atomic E-state index is 0.138. The normalized spacial score (nSPS) is 9.96. The first-order chi connectivity index (χ1) is 11.0. The van der Waals surface area contributed by atoms with Gasteiger partial charge in [0.25, 0.3) is 11.6 Å². The number of non-ortho nitro benzene ring substituents is 1. The third-order valence-corrected chi connectivity index (χ3v) is 3.56. The standard InChI is InChI=1S/C16H15N3O3S/c1-18(11-12-6-3-2-4-7-12)16(23)17-15(20)13-8-5-9-14(10-13)19(21)22/h2-10H,11H2,1H3,(H,17,20,23). The molecule has 0 aliphatic rings. The lowest BCUT2D eigenvalue weighted by molar-refractivity contribution is -0.384. The van der Waals surface area contributed by atoms with Crippen molar-refractivity contribution in [1.82, 2.24) is 10.2 Å². The molecule has 0 aromatic heterocycles. The van der Waals surface area contributed by atoms with Crippen LogP contribution in [-0.2, 0) is 6.54 Å². The molecular weight excluding hydrogens is 314 g/mol. The van der Waals surface area contributed by atoms with Crippen LogP contribution in [-0.4, -0.2) is 27.9 Å². The molecule has 0 spiro atoms. The molecule has 118 valence electrons. The van der Waals surface area contributed by atoms with Crippen molar-refractivity contribution in [1.29, 1.82) is 0 Å². The van der Waals surface area contributed by atoms with E-state index in [4.69, 9.17) is 12.2 Å². The van der Waals surface area contributed by atoms with Crippen molar-refractivity contribution < 1.29 is 9.72 Å². The molecule has 0 aliphatic carbocycles. The maximum Gasteiger partial charge on any atom is 0.270 e. The second-order valence-electron chi connectivity index (χ2n) is 4.91. The number of rotatable bonds is 4. The van der Waals surface area contributed by atoms with Gasteiger partial charge in [0.2, 0.25) is 0 Å². The molecule has 0 saturated carbocycles. The minimum Gasteiger partial charge on any atom is -0.348 e. The number of nitro groups is 1. The van der Waals surface area contributed by atoms with Crippen LogP contribution in [0.15, 0.2) is 54.6 Å². The van der Waals surface area contributed by atoms with Crippen molar-refractivity contribution in [2.24, 2.45) is 0 Å². The summed E-state index contributed by atoms with van der Waals surface area (Å²) in [4.78, 5) is 24.1. The van der Waals surface area contributed by atoms with E-state index in [1.54, 1.807) is 11.9 Å². The Morgan fingerprint density at radius 3 is 2.57 bits per heavy atom. The number of nitrogens with one attached hydrogen (secondary N) is 1. The van der Waals surface area contributed by atoms with E-state index in [-0.39, 0.29) is 16.4 Å². The fraction of sp³-hybridized carbons (Fsp3) is 0.125. The number of hydrogen-bond acceptors (Lipinski definition) is 4. The van der Waals surface area contributed by atoms with Gasteiger partial charge in [-0.2, -0.15) is 0 Å². The summed E-state index contributed by atoms with van der Waals surface area (Å²) in [7, 11) is 1.77. The molecule has 0 radical (unpaired) electrons. The summed E-state index contributed by atoms with van der Waals surface area (Å²) in [5.74, 6) is -0.474. The highest BCUT2D eigenvalue weighted by atomic mass is 32.1. The van der Waals surface area contributed by atoms with Crippen molar-refractivity contribution in [3.63, 3.8) is 0 Å². The van der Waals surface area contributed by atoms with Gasteiger partial charge in [-0.05, 0) is 23.8 Å². The smallest absolute Gasteiger partial charge is 0.270 e. The number of carbonyl (C=O) groups is 1. The van der Waals surface area contributed by atoms with Crippen molar-refractivity contribution in [3.05, 3.63) is 75.8 Å². The quantitative estimate of drug-likeness (QED) is 0.530. The van der Waals surface area contributed by atoms with Gasteiger partial charge in [0.15, 0.2) is 5.11 Å². The molecule has 0 heterocycles.